The third-order valence-corrected chi connectivity index (χ3v) is 2.48. The minimum Gasteiger partial charge on any atom is -0.319 e. The lowest BCUT2D eigenvalue weighted by molar-refractivity contribution is 1.05. The highest BCUT2D eigenvalue weighted by Crippen LogP contribution is 2.15. The van der Waals surface area contributed by atoms with Gasteiger partial charge < -0.3 is 4.98 Å². The second-order valence-corrected chi connectivity index (χ2v) is 3.78. The van der Waals surface area contributed by atoms with Crippen LogP contribution in [-0.4, -0.2) is 24.6 Å². The topological polar surface area (TPSA) is 75.9 Å². The fraction of sp³-hybridized carbons (Fsp3) is 0. The summed E-state index contributed by atoms with van der Waals surface area (Å²) in [4.78, 5) is 17.8. The van der Waals surface area contributed by atoms with E-state index in [1.165, 1.54) is 12.4 Å². The van der Waals surface area contributed by atoms with Crippen LogP contribution < -0.4 is 5.56 Å². The van der Waals surface area contributed by atoms with Gasteiger partial charge in [0.1, 0.15) is 11.5 Å². The molecule has 6 nitrogen and oxygen atoms in total. The van der Waals surface area contributed by atoms with E-state index in [-0.39, 0.29) is 5.56 Å². The van der Waals surface area contributed by atoms with E-state index in [1.807, 2.05) is 0 Å². The standard InChI is InChI=1S/C10H6ClN5O/c11-7-4-8-14-15-10(16(8)5-12-7)6-2-1-3-9(17)13-6/h1-5H,(H,13,17). The van der Waals surface area contributed by atoms with Gasteiger partial charge in [-0.2, -0.15) is 0 Å². The summed E-state index contributed by atoms with van der Waals surface area (Å²) in [6.07, 6.45) is 1.51. The first-order chi connectivity index (χ1) is 8.24. The Morgan fingerprint density at radius 1 is 1.29 bits per heavy atom. The van der Waals surface area contributed by atoms with Gasteiger partial charge in [0, 0.05) is 12.1 Å². The largest absolute Gasteiger partial charge is 0.319 e. The van der Waals surface area contributed by atoms with Gasteiger partial charge in [-0.25, -0.2) is 4.98 Å². The lowest BCUT2D eigenvalue weighted by atomic mass is 10.3. The van der Waals surface area contributed by atoms with Crippen molar-refractivity contribution >= 4 is 17.2 Å². The molecule has 0 saturated heterocycles. The zero-order valence-electron chi connectivity index (χ0n) is 8.46. The fourth-order valence-electron chi connectivity index (χ4n) is 1.53. The Morgan fingerprint density at radius 2 is 2.18 bits per heavy atom. The van der Waals surface area contributed by atoms with Crippen LogP contribution in [0.15, 0.2) is 35.4 Å². The average Bonchev–Trinajstić information content (AvgIpc) is 2.71. The number of aromatic nitrogens is 5. The van der Waals surface area contributed by atoms with E-state index in [0.29, 0.717) is 22.3 Å². The number of aromatic amines is 1. The van der Waals surface area contributed by atoms with Crippen molar-refractivity contribution in [2.24, 2.45) is 0 Å². The molecule has 0 unspecified atom stereocenters. The molecule has 3 aromatic heterocycles. The normalized spacial score (nSPS) is 10.9. The van der Waals surface area contributed by atoms with Crippen molar-refractivity contribution < 1.29 is 0 Å². The Hall–Kier alpha value is -2.21. The molecule has 84 valence electrons. The molecule has 0 atom stereocenters. The molecular formula is C10H6ClN5O. The third kappa shape index (κ3) is 1.68. The van der Waals surface area contributed by atoms with E-state index in [1.54, 1.807) is 22.6 Å². The number of nitrogens with one attached hydrogen (secondary N) is 1. The van der Waals surface area contributed by atoms with Crippen molar-refractivity contribution in [2.45, 2.75) is 0 Å². The van der Waals surface area contributed by atoms with Crippen LogP contribution in [0.3, 0.4) is 0 Å². The van der Waals surface area contributed by atoms with Crippen LogP contribution in [-0.2, 0) is 0 Å². The molecule has 0 bridgehead atoms. The van der Waals surface area contributed by atoms with Crippen LogP contribution >= 0.6 is 11.6 Å². The zero-order chi connectivity index (χ0) is 11.8. The Balaban J connectivity index is 2.28. The molecule has 0 spiro atoms. The van der Waals surface area contributed by atoms with Crippen LogP contribution in [0.5, 0.6) is 0 Å². The highest BCUT2D eigenvalue weighted by molar-refractivity contribution is 6.29. The molecule has 0 saturated carbocycles. The molecule has 0 amide bonds. The van der Waals surface area contributed by atoms with E-state index >= 15 is 0 Å². The summed E-state index contributed by atoms with van der Waals surface area (Å²) < 4.78 is 1.65. The zero-order valence-corrected chi connectivity index (χ0v) is 9.22. The number of H-pyrrole nitrogens is 1. The van der Waals surface area contributed by atoms with Crippen molar-refractivity contribution in [1.29, 1.82) is 0 Å². The molecule has 0 aliphatic heterocycles. The number of fused-ring (bicyclic) bond motifs is 1. The quantitative estimate of drug-likeness (QED) is 0.654. The summed E-state index contributed by atoms with van der Waals surface area (Å²) >= 11 is 5.75. The van der Waals surface area contributed by atoms with Crippen LogP contribution in [0, 0.1) is 0 Å². The third-order valence-electron chi connectivity index (χ3n) is 2.28. The second kappa shape index (κ2) is 3.67. The molecule has 0 aliphatic carbocycles. The van der Waals surface area contributed by atoms with Gasteiger partial charge in [-0.05, 0) is 6.07 Å². The minimum atomic E-state index is -0.193. The Labute approximate surface area is 99.9 Å². The van der Waals surface area contributed by atoms with Crippen LogP contribution in [0.4, 0.5) is 0 Å². The van der Waals surface area contributed by atoms with Gasteiger partial charge in [0.05, 0.1) is 5.69 Å². The average molecular weight is 248 g/mol. The van der Waals surface area contributed by atoms with Crippen LogP contribution in [0.25, 0.3) is 17.2 Å². The number of halogens is 1. The smallest absolute Gasteiger partial charge is 0.248 e. The predicted octanol–water partition coefficient (Wildman–Crippen LogP) is 1.13. The number of nitrogens with zero attached hydrogens (tertiary/aromatic N) is 4. The van der Waals surface area contributed by atoms with Crippen LogP contribution in [0.2, 0.25) is 5.15 Å². The summed E-state index contributed by atoms with van der Waals surface area (Å²) in [5.41, 5.74) is 0.958. The molecular weight excluding hydrogens is 242 g/mol. The van der Waals surface area contributed by atoms with Crippen molar-refractivity contribution in [1.82, 2.24) is 24.6 Å². The van der Waals surface area contributed by atoms with Crippen molar-refractivity contribution in [3.63, 3.8) is 0 Å². The second-order valence-electron chi connectivity index (χ2n) is 3.39. The Kier molecular flexibility index (Phi) is 2.15. The van der Waals surface area contributed by atoms with E-state index in [0.717, 1.165) is 0 Å². The monoisotopic (exact) mass is 247 g/mol. The van der Waals surface area contributed by atoms with E-state index in [4.69, 9.17) is 11.6 Å². The summed E-state index contributed by atoms with van der Waals surface area (Å²) in [6, 6.07) is 6.42. The van der Waals surface area contributed by atoms with Crippen molar-refractivity contribution in [2.75, 3.05) is 0 Å². The molecule has 3 aromatic rings. The number of rotatable bonds is 1. The first-order valence-corrected chi connectivity index (χ1v) is 5.18. The maximum absolute atomic E-state index is 11.2. The Bertz CT molecular complexity index is 748. The van der Waals surface area contributed by atoms with Gasteiger partial charge in [0.15, 0.2) is 11.5 Å². The summed E-state index contributed by atoms with van der Waals surface area (Å²) in [5, 5.41) is 8.29. The SMILES string of the molecule is O=c1cccc(-c2nnc3cc(Cl)ncn23)[nH]1. The maximum Gasteiger partial charge on any atom is 0.248 e. The summed E-state index contributed by atoms with van der Waals surface area (Å²) in [7, 11) is 0. The van der Waals surface area contributed by atoms with Crippen molar-refractivity contribution in [3.05, 3.63) is 46.1 Å². The molecule has 3 heterocycles. The lowest BCUT2D eigenvalue weighted by Gasteiger charge is -1.98. The molecule has 0 radical (unpaired) electrons. The van der Waals surface area contributed by atoms with Gasteiger partial charge >= 0.3 is 0 Å². The van der Waals surface area contributed by atoms with Gasteiger partial charge in [0.25, 0.3) is 0 Å². The van der Waals surface area contributed by atoms with E-state index in [9.17, 15) is 4.79 Å². The fourth-order valence-corrected chi connectivity index (χ4v) is 1.68. The molecule has 7 heteroatoms. The molecule has 3 rings (SSSR count). The van der Waals surface area contributed by atoms with Crippen LogP contribution in [0.1, 0.15) is 0 Å². The lowest BCUT2D eigenvalue weighted by Crippen LogP contribution is -2.05. The Morgan fingerprint density at radius 3 is 3.00 bits per heavy atom. The number of pyridine rings is 1. The first kappa shape index (κ1) is 9.98. The van der Waals surface area contributed by atoms with Gasteiger partial charge in [-0.15, -0.1) is 10.2 Å². The molecule has 0 fully saturated rings. The van der Waals surface area contributed by atoms with Gasteiger partial charge in [-0.3, -0.25) is 9.20 Å². The van der Waals surface area contributed by atoms with Gasteiger partial charge in [-0.1, -0.05) is 17.7 Å². The molecule has 17 heavy (non-hydrogen) atoms. The summed E-state index contributed by atoms with van der Waals surface area (Å²) in [5.74, 6) is 0.516. The first-order valence-electron chi connectivity index (χ1n) is 4.80. The number of hydrogen-bond donors (Lipinski definition) is 1. The van der Waals surface area contributed by atoms with E-state index in [2.05, 4.69) is 20.2 Å². The van der Waals surface area contributed by atoms with E-state index < -0.39 is 0 Å². The highest BCUT2D eigenvalue weighted by Gasteiger charge is 2.08. The predicted molar refractivity (Wildman–Crippen MR) is 61.8 cm³/mol. The molecule has 0 aliphatic rings. The highest BCUT2D eigenvalue weighted by atomic mass is 35.5. The number of hydrogen-bond acceptors (Lipinski definition) is 4. The molecule has 1 N–H and O–H groups in total. The maximum atomic E-state index is 11.2. The molecule has 0 aromatic carbocycles. The summed E-state index contributed by atoms with van der Waals surface area (Å²) in [6.45, 7) is 0. The minimum absolute atomic E-state index is 0.193. The van der Waals surface area contributed by atoms with Crippen molar-refractivity contribution in [3.8, 4) is 11.5 Å². The van der Waals surface area contributed by atoms with Gasteiger partial charge in [0.2, 0.25) is 5.56 Å².